The van der Waals surface area contributed by atoms with E-state index in [0.717, 1.165) is 25.2 Å². The number of benzene rings is 2. The van der Waals surface area contributed by atoms with Gasteiger partial charge in [-0.05, 0) is 13.0 Å². The fourth-order valence-electron chi connectivity index (χ4n) is 4.60. The number of nitrogens with one attached hydrogen (secondary N) is 1. The lowest BCUT2D eigenvalue weighted by Gasteiger charge is -2.29. The molecule has 0 saturated carbocycles. The molecule has 0 bridgehead atoms. The Balaban J connectivity index is 1.62. The Kier molecular flexibility index (Phi) is 6.77. The second-order valence-electron chi connectivity index (χ2n) is 8.50. The minimum atomic E-state index is -1.25. The van der Waals surface area contributed by atoms with Crippen LogP contribution < -0.4 is 4.90 Å². The average Bonchev–Trinajstić information content (AvgIpc) is 3.05. The highest BCUT2D eigenvalue weighted by molar-refractivity contribution is 6.44. The summed E-state index contributed by atoms with van der Waals surface area (Å²) in [5.74, 6) is -3.69. The number of ketones is 2. The third-order valence-electron chi connectivity index (χ3n) is 6.38. The second-order valence-corrected chi connectivity index (χ2v) is 8.50. The van der Waals surface area contributed by atoms with E-state index in [4.69, 9.17) is 4.74 Å². The van der Waals surface area contributed by atoms with E-state index < -0.39 is 35.3 Å². The van der Waals surface area contributed by atoms with Gasteiger partial charge in [0.05, 0.1) is 25.8 Å². The van der Waals surface area contributed by atoms with Gasteiger partial charge < -0.3 is 14.5 Å². The lowest BCUT2D eigenvalue weighted by molar-refractivity contribution is -0.908. The first kappa shape index (κ1) is 22.3. The minimum Gasteiger partial charge on any atom is -0.370 e. The summed E-state index contributed by atoms with van der Waals surface area (Å²) in [5.41, 5.74) is 1.53. The Labute approximate surface area is 187 Å². The van der Waals surface area contributed by atoms with Crippen LogP contribution >= 0.6 is 0 Å². The number of hydrogen-bond acceptors (Lipinski definition) is 4. The van der Waals surface area contributed by atoms with Crippen molar-refractivity contribution in [1.82, 2.24) is 4.90 Å². The highest BCUT2D eigenvalue weighted by Crippen LogP contribution is 2.39. The van der Waals surface area contributed by atoms with Gasteiger partial charge in [-0.1, -0.05) is 48.0 Å². The molecule has 2 aliphatic rings. The molecule has 0 radical (unpaired) electrons. The SMILES string of the molecule is Cc1ccc(C(=O)C2C(=O)C(=O)N(CCC[NH+]3CCOCC3)C2c2ccccc2F)cc1. The second kappa shape index (κ2) is 9.71. The molecule has 4 rings (SSSR count). The number of Topliss-reactive ketones (excluding diaryl/α,β-unsaturated/α-hetero) is 2. The number of likely N-dealkylation sites (tertiary alicyclic amines) is 1. The maximum atomic E-state index is 14.8. The third-order valence-corrected chi connectivity index (χ3v) is 6.38. The molecule has 2 atom stereocenters. The van der Waals surface area contributed by atoms with Crippen LogP contribution in [0.1, 0.15) is 33.9 Å². The third kappa shape index (κ3) is 4.49. The van der Waals surface area contributed by atoms with Crippen LogP contribution in [-0.4, -0.2) is 61.8 Å². The number of halogens is 1. The van der Waals surface area contributed by atoms with Crippen LogP contribution in [0.3, 0.4) is 0 Å². The first-order chi connectivity index (χ1) is 15.5. The normalized spacial score (nSPS) is 21.9. The van der Waals surface area contributed by atoms with Crippen molar-refractivity contribution in [2.45, 2.75) is 19.4 Å². The Morgan fingerprint density at radius 2 is 1.78 bits per heavy atom. The van der Waals surface area contributed by atoms with Crippen molar-refractivity contribution in [1.29, 1.82) is 0 Å². The molecule has 2 aromatic carbocycles. The van der Waals surface area contributed by atoms with Crippen molar-refractivity contribution in [3.63, 3.8) is 0 Å². The largest absolute Gasteiger partial charge is 0.370 e. The number of quaternary nitrogens is 1. The highest BCUT2D eigenvalue weighted by atomic mass is 19.1. The van der Waals surface area contributed by atoms with Crippen LogP contribution in [0.4, 0.5) is 4.39 Å². The molecule has 2 unspecified atom stereocenters. The number of hydrogen-bond donors (Lipinski definition) is 1. The van der Waals surface area contributed by atoms with Gasteiger partial charge in [0.25, 0.3) is 5.91 Å². The van der Waals surface area contributed by atoms with Gasteiger partial charge in [-0.15, -0.1) is 0 Å². The lowest BCUT2D eigenvalue weighted by atomic mass is 9.86. The summed E-state index contributed by atoms with van der Waals surface area (Å²) < 4.78 is 20.2. The maximum Gasteiger partial charge on any atom is 0.291 e. The van der Waals surface area contributed by atoms with Crippen molar-refractivity contribution in [2.75, 3.05) is 39.4 Å². The highest BCUT2D eigenvalue weighted by Gasteiger charge is 2.52. The predicted octanol–water partition coefficient (Wildman–Crippen LogP) is 1.39. The summed E-state index contributed by atoms with van der Waals surface area (Å²) in [6, 6.07) is 12.0. The molecule has 2 aromatic rings. The predicted molar refractivity (Wildman–Crippen MR) is 116 cm³/mol. The number of ether oxygens (including phenoxy) is 1. The van der Waals surface area contributed by atoms with Crippen molar-refractivity contribution >= 4 is 17.5 Å². The van der Waals surface area contributed by atoms with Crippen LogP contribution in [0, 0.1) is 18.7 Å². The van der Waals surface area contributed by atoms with Gasteiger partial charge in [0.1, 0.15) is 24.8 Å². The minimum absolute atomic E-state index is 0.205. The van der Waals surface area contributed by atoms with Gasteiger partial charge in [0, 0.05) is 24.1 Å². The van der Waals surface area contributed by atoms with E-state index in [0.29, 0.717) is 31.7 Å². The Morgan fingerprint density at radius 1 is 1.09 bits per heavy atom. The summed E-state index contributed by atoms with van der Waals surface area (Å²) in [6.07, 6.45) is 0.657. The summed E-state index contributed by atoms with van der Waals surface area (Å²) in [7, 11) is 0. The Hall–Kier alpha value is -2.90. The molecule has 1 amide bonds. The molecule has 2 heterocycles. The zero-order valence-corrected chi connectivity index (χ0v) is 18.2. The molecule has 2 aliphatic heterocycles. The first-order valence-corrected chi connectivity index (χ1v) is 11.1. The summed E-state index contributed by atoms with van der Waals surface area (Å²) in [4.78, 5) is 42.1. The van der Waals surface area contributed by atoms with Gasteiger partial charge in [-0.2, -0.15) is 0 Å². The van der Waals surface area contributed by atoms with E-state index in [1.807, 2.05) is 6.92 Å². The zero-order chi connectivity index (χ0) is 22.7. The first-order valence-electron chi connectivity index (χ1n) is 11.1. The fourth-order valence-corrected chi connectivity index (χ4v) is 4.60. The topological polar surface area (TPSA) is 68.1 Å². The fraction of sp³-hybridized carbons (Fsp3) is 0.400. The van der Waals surface area contributed by atoms with Crippen LogP contribution in [-0.2, 0) is 14.3 Å². The summed E-state index contributed by atoms with van der Waals surface area (Å²) in [5, 5.41) is 0. The van der Waals surface area contributed by atoms with Crippen LogP contribution in [0.15, 0.2) is 48.5 Å². The molecule has 2 saturated heterocycles. The van der Waals surface area contributed by atoms with Crippen LogP contribution in [0.5, 0.6) is 0 Å². The molecule has 1 N–H and O–H groups in total. The zero-order valence-electron chi connectivity index (χ0n) is 18.2. The molecule has 168 valence electrons. The number of morpholine rings is 1. The standard InChI is InChI=1S/C25H27FN2O4/c1-17-7-9-18(10-8-17)23(29)21-22(19-5-2-3-6-20(19)26)28(25(31)24(21)30)12-4-11-27-13-15-32-16-14-27/h2-3,5-10,21-22H,4,11-16H2,1H3/p+1. The number of rotatable bonds is 7. The molecule has 6 nitrogen and oxygen atoms in total. The lowest BCUT2D eigenvalue weighted by Crippen LogP contribution is -3.14. The van der Waals surface area contributed by atoms with E-state index in [1.54, 1.807) is 42.5 Å². The Bertz CT molecular complexity index is 1000. The number of carbonyl (C=O) groups is 3. The van der Waals surface area contributed by atoms with Crippen molar-refractivity contribution in [3.8, 4) is 0 Å². The smallest absolute Gasteiger partial charge is 0.291 e. The summed E-state index contributed by atoms with van der Waals surface area (Å²) in [6.45, 7) is 6.24. The van der Waals surface area contributed by atoms with Crippen molar-refractivity contribution in [3.05, 3.63) is 71.0 Å². The molecule has 0 aliphatic carbocycles. The molecule has 0 aromatic heterocycles. The van der Waals surface area contributed by atoms with E-state index in [9.17, 15) is 18.8 Å². The number of aryl methyl sites for hydroxylation is 1. The summed E-state index contributed by atoms with van der Waals surface area (Å²) >= 11 is 0. The molecular formula is C25H28FN2O4+. The van der Waals surface area contributed by atoms with Gasteiger partial charge >= 0.3 is 0 Å². The molecule has 32 heavy (non-hydrogen) atoms. The average molecular weight is 440 g/mol. The van der Waals surface area contributed by atoms with Gasteiger partial charge in [0.2, 0.25) is 5.78 Å². The quantitative estimate of drug-likeness (QED) is 0.402. The Morgan fingerprint density at radius 3 is 2.47 bits per heavy atom. The van der Waals surface area contributed by atoms with E-state index in [1.165, 1.54) is 15.9 Å². The number of nitrogens with zero attached hydrogens (tertiary/aromatic N) is 1. The van der Waals surface area contributed by atoms with Crippen LogP contribution in [0.2, 0.25) is 0 Å². The van der Waals surface area contributed by atoms with E-state index in [2.05, 4.69) is 0 Å². The van der Waals surface area contributed by atoms with E-state index >= 15 is 0 Å². The molecule has 7 heteroatoms. The van der Waals surface area contributed by atoms with Gasteiger partial charge in [-0.25, -0.2) is 4.39 Å². The monoisotopic (exact) mass is 439 g/mol. The van der Waals surface area contributed by atoms with Crippen molar-refractivity contribution in [2.24, 2.45) is 5.92 Å². The maximum absolute atomic E-state index is 14.8. The number of amides is 1. The van der Waals surface area contributed by atoms with Crippen molar-refractivity contribution < 1.29 is 28.4 Å². The molecular weight excluding hydrogens is 411 g/mol. The van der Waals surface area contributed by atoms with E-state index in [-0.39, 0.29) is 5.56 Å². The van der Waals surface area contributed by atoms with Gasteiger partial charge in [0.15, 0.2) is 5.78 Å². The molecule has 2 fully saturated rings. The van der Waals surface area contributed by atoms with Crippen LogP contribution in [0.25, 0.3) is 0 Å². The number of carbonyl (C=O) groups excluding carboxylic acids is 3. The molecule has 0 spiro atoms. The van der Waals surface area contributed by atoms with Gasteiger partial charge in [-0.3, -0.25) is 14.4 Å².